The van der Waals surface area contributed by atoms with Gasteiger partial charge in [-0.2, -0.15) is 5.10 Å². The molecule has 0 spiro atoms. The van der Waals surface area contributed by atoms with Crippen LogP contribution in [-0.4, -0.2) is 34.1 Å². The molecule has 0 atom stereocenters. The fourth-order valence-electron chi connectivity index (χ4n) is 1.73. The maximum atomic E-state index is 12.1. The molecular weight excluding hydrogens is 298 g/mol. The highest BCUT2D eigenvalue weighted by Crippen LogP contribution is 2.15. The second kappa shape index (κ2) is 4.66. The lowest BCUT2D eigenvalue weighted by Gasteiger charge is -2.05. The number of aryl methyl sites for hydroxylation is 1. The van der Waals surface area contributed by atoms with Gasteiger partial charge in [0.15, 0.2) is 17.7 Å². The molecule has 21 heavy (non-hydrogen) atoms. The first kappa shape index (κ1) is 13.2. The Morgan fingerprint density at radius 2 is 2.14 bits per heavy atom. The van der Waals surface area contributed by atoms with E-state index in [1.807, 2.05) is 4.72 Å². The summed E-state index contributed by atoms with van der Waals surface area (Å²) in [5, 5.41) is 4.52. The molecule has 3 heterocycles. The SMILES string of the molecule is Cn1ncc2cc(S(=O)(=O)NC(=O)c3cocn3)cnc21. The third-order valence-electron chi connectivity index (χ3n) is 2.75. The van der Waals surface area contributed by atoms with Crippen molar-refractivity contribution in [2.45, 2.75) is 4.90 Å². The predicted molar refractivity (Wildman–Crippen MR) is 69.7 cm³/mol. The maximum Gasteiger partial charge on any atom is 0.286 e. The van der Waals surface area contributed by atoms with Crippen LogP contribution < -0.4 is 4.72 Å². The molecule has 0 bridgehead atoms. The number of sulfonamides is 1. The van der Waals surface area contributed by atoms with E-state index >= 15 is 0 Å². The van der Waals surface area contributed by atoms with E-state index < -0.39 is 15.9 Å². The van der Waals surface area contributed by atoms with Crippen LogP contribution in [-0.2, 0) is 17.1 Å². The maximum absolute atomic E-state index is 12.1. The van der Waals surface area contributed by atoms with Crippen LogP contribution >= 0.6 is 0 Å². The Kier molecular flexibility index (Phi) is 2.94. The van der Waals surface area contributed by atoms with Gasteiger partial charge in [0.2, 0.25) is 0 Å². The molecule has 9 nitrogen and oxygen atoms in total. The number of fused-ring (bicyclic) bond motifs is 1. The van der Waals surface area contributed by atoms with Crippen molar-refractivity contribution in [3.05, 3.63) is 36.8 Å². The summed E-state index contributed by atoms with van der Waals surface area (Å²) < 4.78 is 32.3. The van der Waals surface area contributed by atoms with Crippen molar-refractivity contribution in [1.82, 2.24) is 24.5 Å². The number of nitrogens with one attached hydrogen (secondary N) is 1. The molecule has 0 radical (unpaired) electrons. The molecule has 3 rings (SSSR count). The molecule has 0 saturated carbocycles. The molecular formula is C11H9N5O4S. The van der Waals surface area contributed by atoms with E-state index in [-0.39, 0.29) is 10.6 Å². The first-order valence-corrected chi connectivity index (χ1v) is 7.19. The van der Waals surface area contributed by atoms with E-state index in [0.717, 1.165) is 18.9 Å². The van der Waals surface area contributed by atoms with Crippen LogP contribution in [0.2, 0.25) is 0 Å². The Morgan fingerprint density at radius 1 is 1.33 bits per heavy atom. The molecule has 0 aliphatic carbocycles. The fourth-order valence-corrected chi connectivity index (χ4v) is 2.67. The number of carbonyl (C=O) groups is 1. The highest BCUT2D eigenvalue weighted by atomic mass is 32.2. The molecule has 1 amide bonds. The Labute approximate surface area is 118 Å². The summed E-state index contributed by atoms with van der Waals surface area (Å²) in [4.78, 5) is 19.2. The summed E-state index contributed by atoms with van der Waals surface area (Å²) >= 11 is 0. The van der Waals surface area contributed by atoms with Gasteiger partial charge >= 0.3 is 0 Å². The van der Waals surface area contributed by atoms with Gasteiger partial charge in [0, 0.05) is 18.6 Å². The molecule has 3 aromatic heterocycles. The molecule has 0 fully saturated rings. The van der Waals surface area contributed by atoms with E-state index in [1.54, 1.807) is 7.05 Å². The third-order valence-corrected chi connectivity index (χ3v) is 4.05. The van der Waals surface area contributed by atoms with Gasteiger partial charge in [-0.05, 0) is 6.07 Å². The van der Waals surface area contributed by atoms with Gasteiger partial charge in [-0.1, -0.05) is 0 Å². The zero-order valence-corrected chi connectivity index (χ0v) is 11.5. The molecule has 0 unspecified atom stereocenters. The predicted octanol–water partition coefficient (Wildman–Crippen LogP) is 0.0750. The molecule has 0 aliphatic rings. The van der Waals surface area contributed by atoms with Crippen molar-refractivity contribution >= 4 is 27.0 Å². The highest BCUT2D eigenvalue weighted by Gasteiger charge is 2.21. The van der Waals surface area contributed by atoms with Gasteiger partial charge in [0.25, 0.3) is 15.9 Å². The second-order valence-corrected chi connectivity index (χ2v) is 5.84. The second-order valence-electron chi connectivity index (χ2n) is 4.16. The van der Waals surface area contributed by atoms with Gasteiger partial charge in [-0.25, -0.2) is 23.1 Å². The molecule has 0 aromatic carbocycles. The molecule has 1 N–H and O–H groups in total. The number of pyridine rings is 1. The first-order valence-electron chi connectivity index (χ1n) is 5.70. The van der Waals surface area contributed by atoms with Gasteiger partial charge in [-0.3, -0.25) is 9.48 Å². The van der Waals surface area contributed by atoms with Crippen molar-refractivity contribution in [2.24, 2.45) is 7.05 Å². The Bertz CT molecular complexity index is 913. The molecule has 0 aliphatic heterocycles. The van der Waals surface area contributed by atoms with E-state index in [0.29, 0.717) is 11.0 Å². The van der Waals surface area contributed by atoms with Crippen molar-refractivity contribution in [2.75, 3.05) is 0 Å². The van der Waals surface area contributed by atoms with Gasteiger partial charge in [-0.15, -0.1) is 0 Å². The molecule has 10 heteroatoms. The van der Waals surface area contributed by atoms with Crippen LogP contribution in [0.4, 0.5) is 0 Å². The average molecular weight is 307 g/mol. The number of nitrogens with zero attached hydrogens (tertiary/aromatic N) is 4. The summed E-state index contributed by atoms with van der Waals surface area (Å²) in [6.45, 7) is 0. The number of hydrogen-bond acceptors (Lipinski definition) is 7. The zero-order valence-electron chi connectivity index (χ0n) is 10.7. The van der Waals surface area contributed by atoms with E-state index in [1.165, 1.54) is 16.9 Å². The number of aromatic nitrogens is 4. The first-order chi connectivity index (χ1) is 9.97. The largest absolute Gasteiger partial charge is 0.451 e. The normalized spacial score (nSPS) is 11.7. The van der Waals surface area contributed by atoms with Gasteiger partial charge in [0.05, 0.1) is 6.20 Å². The van der Waals surface area contributed by atoms with E-state index in [9.17, 15) is 13.2 Å². The molecule has 0 saturated heterocycles. The summed E-state index contributed by atoms with van der Waals surface area (Å²) in [6.07, 6.45) is 4.72. The van der Waals surface area contributed by atoms with Crippen LogP contribution in [0, 0.1) is 0 Å². The molecule has 3 aromatic rings. The lowest BCUT2D eigenvalue weighted by Crippen LogP contribution is -2.30. The minimum absolute atomic E-state index is 0.131. The Balaban J connectivity index is 1.94. The minimum atomic E-state index is -4.05. The minimum Gasteiger partial charge on any atom is -0.451 e. The fraction of sp³-hybridized carbons (Fsp3) is 0.0909. The monoisotopic (exact) mass is 307 g/mol. The van der Waals surface area contributed by atoms with Crippen LogP contribution in [0.3, 0.4) is 0 Å². The highest BCUT2D eigenvalue weighted by molar-refractivity contribution is 7.90. The van der Waals surface area contributed by atoms with Crippen LogP contribution in [0.5, 0.6) is 0 Å². The van der Waals surface area contributed by atoms with E-state index in [4.69, 9.17) is 0 Å². The summed E-state index contributed by atoms with van der Waals surface area (Å²) in [7, 11) is -2.36. The summed E-state index contributed by atoms with van der Waals surface area (Å²) in [6, 6.07) is 1.38. The van der Waals surface area contributed by atoms with Crippen LogP contribution in [0.15, 0.2) is 40.4 Å². The van der Waals surface area contributed by atoms with Crippen molar-refractivity contribution in [1.29, 1.82) is 0 Å². The Hall–Kier alpha value is -2.75. The van der Waals surface area contributed by atoms with Gasteiger partial charge in [0.1, 0.15) is 11.2 Å². The third kappa shape index (κ3) is 2.36. The summed E-state index contributed by atoms with van der Waals surface area (Å²) in [5.74, 6) is -0.880. The number of oxazole rings is 1. The lowest BCUT2D eigenvalue weighted by molar-refractivity contribution is 0.0976. The van der Waals surface area contributed by atoms with Crippen molar-refractivity contribution in [3.8, 4) is 0 Å². The number of rotatable bonds is 3. The summed E-state index contributed by atoms with van der Waals surface area (Å²) in [5.41, 5.74) is 0.408. The van der Waals surface area contributed by atoms with Crippen molar-refractivity contribution in [3.63, 3.8) is 0 Å². The smallest absolute Gasteiger partial charge is 0.286 e. The van der Waals surface area contributed by atoms with Crippen molar-refractivity contribution < 1.29 is 17.6 Å². The standard InChI is InChI=1S/C11H9N5O4S/c1-16-10-7(3-14-16)2-8(4-12-10)21(18,19)15-11(17)9-5-20-6-13-9/h2-6H,1H3,(H,15,17). The average Bonchev–Trinajstić information content (AvgIpc) is 3.08. The quantitative estimate of drug-likeness (QED) is 0.727. The number of hydrogen-bond donors (Lipinski definition) is 1. The Morgan fingerprint density at radius 3 is 2.86 bits per heavy atom. The number of amides is 1. The topological polar surface area (TPSA) is 120 Å². The van der Waals surface area contributed by atoms with Gasteiger partial charge < -0.3 is 4.42 Å². The number of carbonyl (C=O) groups excluding carboxylic acids is 1. The van der Waals surface area contributed by atoms with Crippen LogP contribution in [0.1, 0.15) is 10.5 Å². The zero-order chi connectivity index (χ0) is 15.0. The lowest BCUT2D eigenvalue weighted by atomic mass is 10.4. The molecule has 108 valence electrons. The van der Waals surface area contributed by atoms with Crippen LogP contribution in [0.25, 0.3) is 11.0 Å². The van der Waals surface area contributed by atoms with E-state index in [2.05, 4.69) is 19.5 Å².